The predicted octanol–water partition coefficient (Wildman–Crippen LogP) is 8.19. The van der Waals surface area contributed by atoms with Gasteiger partial charge in [0.1, 0.15) is 11.6 Å². The number of hydrogen-bond donors (Lipinski definition) is 0. The van der Waals surface area contributed by atoms with Gasteiger partial charge in [0.05, 0.1) is 5.56 Å². The van der Waals surface area contributed by atoms with Crippen molar-refractivity contribution < 1.29 is 31.1 Å². The summed E-state index contributed by atoms with van der Waals surface area (Å²) in [4.78, 5) is -0.0329. The minimum Gasteiger partial charge on any atom is -0.406 e. The van der Waals surface area contributed by atoms with Crippen molar-refractivity contribution in [2.45, 2.75) is 36.3 Å². The molecule has 3 rings (SSSR count). The van der Waals surface area contributed by atoms with Crippen LogP contribution in [0.25, 0.3) is 11.1 Å². The monoisotopic (exact) mass is 456 g/mol. The van der Waals surface area contributed by atoms with E-state index in [2.05, 4.69) is 11.7 Å². The van der Waals surface area contributed by atoms with Gasteiger partial charge in [0, 0.05) is 4.90 Å². The number of thioether (sulfide) groups is 1. The van der Waals surface area contributed by atoms with Gasteiger partial charge in [-0.2, -0.15) is 8.78 Å². The molecule has 3 aromatic carbocycles. The summed E-state index contributed by atoms with van der Waals surface area (Å²) in [5.74, 6) is -1.59. The molecule has 0 radical (unpaired) electrons. The van der Waals surface area contributed by atoms with Crippen LogP contribution < -0.4 is 4.74 Å². The van der Waals surface area contributed by atoms with Crippen LogP contribution in [0.2, 0.25) is 0 Å². The molecule has 0 aliphatic heterocycles. The van der Waals surface area contributed by atoms with Gasteiger partial charge in [0.15, 0.2) is 0 Å². The second-order valence-electron chi connectivity index (χ2n) is 6.78. The molecule has 0 saturated heterocycles. The van der Waals surface area contributed by atoms with E-state index in [4.69, 9.17) is 0 Å². The average Bonchev–Trinajstić information content (AvgIpc) is 2.69. The number of benzene rings is 3. The van der Waals surface area contributed by atoms with Crippen molar-refractivity contribution >= 4 is 11.8 Å². The molecule has 0 atom stereocenters. The molecule has 0 heterocycles. The van der Waals surface area contributed by atoms with Crippen LogP contribution in [-0.4, -0.2) is 6.36 Å². The van der Waals surface area contributed by atoms with Gasteiger partial charge >= 0.3 is 11.6 Å². The third kappa shape index (κ3) is 6.19. The number of alkyl halides is 5. The van der Waals surface area contributed by atoms with Gasteiger partial charge in [0.25, 0.3) is 0 Å². The lowest BCUT2D eigenvalue weighted by Crippen LogP contribution is -2.17. The van der Waals surface area contributed by atoms with Crippen molar-refractivity contribution in [3.05, 3.63) is 83.7 Å². The van der Waals surface area contributed by atoms with Crippen LogP contribution in [0.5, 0.6) is 5.75 Å². The Kier molecular flexibility index (Phi) is 6.89. The summed E-state index contributed by atoms with van der Waals surface area (Å²) in [6.07, 6.45) is -2.96. The smallest absolute Gasteiger partial charge is 0.406 e. The molecule has 0 saturated carbocycles. The van der Waals surface area contributed by atoms with Crippen molar-refractivity contribution in [1.82, 2.24) is 0 Å². The molecule has 0 bridgehead atoms. The SMILES string of the molecule is CCCc1ccc(-c2ccc(C(F)(F)Sc3ccc(OC(F)(F)F)cc3)c(F)c2)cc1. The number of aryl methyl sites for hydroxylation is 1. The summed E-state index contributed by atoms with van der Waals surface area (Å²) in [6.45, 7) is 2.06. The third-order valence-corrected chi connectivity index (χ3v) is 5.40. The molecule has 0 amide bonds. The highest BCUT2D eigenvalue weighted by molar-refractivity contribution is 8.00. The van der Waals surface area contributed by atoms with Gasteiger partial charge in [-0.05, 0) is 71.3 Å². The molecule has 31 heavy (non-hydrogen) atoms. The molecule has 0 fully saturated rings. The number of hydrogen-bond acceptors (Lipinski definition) is 2. The summed E-state index contributed by atoms with van der Waals surface area (Å²) in [7, 11) is 0. The van der Waals surface area contributed by atoms with E-state index in [9.17, 15) is 26.3 Å². The van der Waals surface area contributed by atoms with E-state index in [-0.39, 0.29) is 16.7 Å². The number of ether oxygens (including phenoxy) is 1. The second kappa shape index (κ2) is 9.26. The van der Waals surface area contributed by atoms with Gasteiger partial charge in [0.2, 0.25) is 0 Å². The second-order valence-corrected chi connectivity index (χ2v) is 7.97. The fraction of sp³-hybridized carbons (Fsp3) is 0.217. The zero-order chi connectivity index (χ0) is 22.6. The van der Waals surface area contributed by atoms with Gasteiger partial charge in [-0.15, -0.1) is 13.2 Å². The van der Waals surface area contributed by atoms with Gasteiger partial charge < -0.3 is 4.74 Å². The lowest BCUT2D eigenvalue weighted by molar-refractivity contribution is -0.274. The van der Waals surface area contributed by atoms with Crippen LogP contribution in [0, 0.1) is 5.82 Å². The zero-order valence-corrected chi connectivity index (χ0v) is 17.2. The van der Waals surface area contributed by atoms with Gasteiger partial charge in [-0.3, -0.25) is 0 Å². The van der Waals surface area contributed by atoms with Crippen molar-refractivity contribution in [3.63, 3.8) is 0 Å². The van der Waals surface area contributed by atoms with E-state index < -0.39 is 28.7 Å². The molecule has 8 heteroatoms. The first-order chi connectivity index (χ1) is 14.6. The maximum atomic E-state index is 14.7. The first-order valence-corrected chi connectivity index (χ1v) is 10.2. The van der Waals surface area contributed by atoms with Crippen LogP contribution in [0.4, 0.5) is 26.3 Å². The molecule has 0 aliphatic carbocycles. The summed E-state index contributed by atoms with van der Waals surface area (Å²) in [6, 6.07) is 14.9. The van der Waals surface area contributed by atoms with Crippen LogP contribution in [0.15, 0.2) is 71.6 Å². The van der Waals surface area contributed by atoms with Crippen molar-refractivity contribution in [3.8, 4) is 16.9 Å². The predicted molar refractivity (Wildman–Crippen MR) is 109 cm³/mol. The Hall–Kier alpha value is -2.61. The minimum absolute atomic E-state index is 0.0329. The Labute approximate surface area is 180 Å². The summed E-state index contributed by atoms with van der Waals surface area (Å²) < 4.78 is 84.2. The van der Waals surface area contributed by atoms with Crippen molar-refractivity contribution in [1.29, 1.82) is 0 Å². The van der Waals surface area contributed by atoms with E-state index in [0.717, 1.165) is 54.8 Å². The Morgan fingerprint density at radius 2 is 1.42 bits per heavy atom. The first-order valence-electron chi connectivity index (χ1n) is 9.39. The molecule has 164 valence electrons. The third-order valence-electron chi connectivity index (χ3n) is 4.41. The molecule has 1 nitrogen and oxygen atoms in total. The maximum absolute atomic E-state index is 14.7. The quantitative estimate of drug-likeness (QED) is 0.262. The molecular formula is C23H18F6OS. The van der Waals surface area contributed by atoms with Crippen LogP contribution >= 0.6 is 11.8 Å². The Morgan fingerprint density at radius 1 is 0.806 bits per heavy atom. The summed E-state index contributed by atoms with van der Waals surface area (Å²) >= 11 is 0.0388. The number of halogens is 6. The highest BCUT2D eigenvalue weighted by atomic mass is 32.2. The summed E-state index contributed by atoms with van der Waals surface area (Å²) in [5.41, 5.74) is 1.51. The molecule has 3 aromatic rings. The average molecular weight is 456 g/mol. The highest BCUT2D eigenvalue weighted by Crippen LogP contribution is 2.46. The lowest BCUT2D eigenvalue weighted by atomic mass is 10.0. The molecule has 0 spiro atoms. The minimum atomic E-state index is -4.88. The van der Waals surface area contributed by atoms with Crippen molar-refractivity contribution in [2.75, 3.05) is 0 Å². The molecular weight excluding hydrogens is 438 g/mol. The Bertz CT molecular complexity index is 1010. The summed E-state index contributed by atoms with van der Waals surface area (Å²) in [5, 5.41) is -3.63. The van der Waals surface area contributed by atoms with E-state index in [0.29, 0.717) is 11.1 Å². The Balaban J connectivity index is 1.76. The van der Waals surface area contributed by atoms with Crippen molar-refractivity contribution in [2.24, 2.45) is 0 Å². The Morgan fingerprint density at radius 3 is 1.97 bits per heavy atom. The lowest BCUT2D eigenvalue weighted by Gasteiger charge is -2.18. The van der Waals surface area contributed by atoms with E-state index in [1.807, 2.05) is 24.3 Å². The van der Waals surface area contributed by atoms with Crippen LogP contribution in [0.3, 0.4) is 0 Å². The van der Waals surface area contributed by atoms with Crippen LogP contribution in [0.1, 0.15) is 24.5 Å². The molecule has 0 unspecified atom stereocenters. The molecule has 0 N–H and O–H groups in total. The van der Waals surface area contributed by atoms with Gasteiger partial charge in [-0.25, -0.2) is 4.39 Å². The maximum Gasteiger partial charge on any atom is 0.573 e. The van der Waals surface area contributed by atoms with E-state index >= 15 is 0 Å². The van der Waals surface area contributed by atoms with E-state index in [1.54, 1.807) is 0 Å². The highest BCUT2D eigenvalue weighted by Gasteiger charge is 2.36. The normalized spacial score (nSPS) is 12.1. The van der Waals surface area contributed by atoms with E-state index in [1.165, 1.54) is 6.07 Å². The standard InChI is InChI=1S/C23H18F6OS/c1-2-3-15-4-6-16(7-5-15)17-8-13-20(21(24)14-17)22(25,26)31-19-11-9-18(10-12-19)30-23(27,28)29/h4-14H,2-3H2,1H3. The number of rotatable bonds is 7. The first kappa shape index (κ1) is 23.1. The van der Waals surface area contributed by atoms with Crippen LogP contribution in [-0.2, 0) is 11.7 Å². The van der Waals surface area contributed by atoms with Gasteiger partial charge in [-0.1, -0.05) is 43.7 Å². The fourth-order valence-electron chi connectivity index (χ4n) is 3.00. The molecule has 0 aliphatic rings. The zero-order valence-electron chi connectivity index (χ0n) is 16.3. The topological polar surface area (TPSA) is 9.23 Å². The largest absolute Gasteiger partial charge is 0.573 e. The fourth-order valence-corrected chi connectivity index (χ4v) is 3.84. The molecule has 0 aromatic heterocycles.